The third kappa shape index (κ3) is 3.64. The van der Waals surface area contributed by atoms with Gasteiger partial charge in [-0.3, -0.25) is 0 Å². The Hall–Kier alpha value is -3.48. The molecule has 0 N–H and O–H groups in total. The van der Waals surface area contributed by atoms with Crippen LogP contribution >= 0.6 is 0 Å². The van der Waals surface area contributed by atoms with Gasteiger partial charge in [-0.25, -0.2) is 9.59 Å². The molecule has 0 saturated carbocycles. The molecule has 0 aliphatic heterocycles. The quantitative estimate of drug-likeness (QED) is 0.476. The van der Waals surface area contributed by atoms with Crippen molar-refractivity contribution in [1.29, 1.82) is 0 Å². The third-order valence-electron chi connectivity index (χ3n) is 4.40. The number of benzene rings is 2. The number of hydrogen-bond acceptors (Lipinski definition) is 7. The van der Waals surface area contributed by atoms with Crippen LogP contribution in [-0.2, 0) is 9.53 Å². The molecule has 0 amide bonds. The molecule has 146 valence electrons. The molecule has 1 aromatic heterocycles. The lowest BCUT2D eigenvalue weighted by atomic mass is 9.98. The van der Waals surface area contributed by atoms with Gasteiger partial charge >= 0.3 is 11.6 Å². The lowest BCUT2D eigenvalue weighted by Gasteiger charge is -2.13. The lowest BCUT2D eigenvalue weighted by molar-refractivity contribution is -0.142. The first-order valence-corrected chi connectivity index (χ1v) is 8.48. The van der Waals surface area contributed by atoms with Gasteiger partial charge in [-0.05, 0) is 36.8 Å². The monoisotopic (exact) mass is 384 g/mol. The molecule has 0 atom stereocenters. The fraction of sp³-hybridized carbons (Fsp3) is 0.238. The standard InChI is InChI=1S/C21H20O7/c1-12-15-7-6-14(27-11-19(22)26-4)10-18(15)28-21(23)20(12)16-8-5-13(24-2)9-17(16)25-3/h5-10H,11H2,1-4H3. The van der Waals surface area contributed by atoms with Gasteiger partial charge in [-0.1, -0.05) is 0 Å². The van der Waals surface area contributed by atoms with Crippen molar-refractivity contribution in [2.45, 2.75) is 6.92 Å². The molecule has 28 heavy (non-hydrogen) atoms. The van der Waals surface area contributed by atoms with Crippen molar-refractivity contribution < 1.29 is 28.2 Å². The first kappa shape index (κ1) is 19.3. The Morgan fingerprint density at radius 1 is 1.00 bits per heavy atom. The predicted molar refractivity (Wildman–Crippen MR) is 103 cm³/mol. The Kier molecular flexibility index (Phi) is 5.54. The van der Waals surface area contributed by atoms with Crippen LogP contribution in [0.1, 0.15) is 5.56 Å². The van der Waals surface area contributed by atoms with Gasteiger partial charge in [0, 0.05) is 23.1 Å². The van der Waals surface area contributed by atoms with Gasteiger partial charge in [0.1, 0.15) is 22.8 Å². The van der Waals surface area contributed by atoms with E-state index >= 15 is 0 Å². The summed E-state index contributed by atoms with van der Waals surface area (Å²) < 4.78 is 26.0. The second-order valence-corrected chi connectivity index (χ2v) is 5.98. The molecule has 0 aliphatic rings. The molecule has 0 saturated heterocycles. The van der Waals surface area contributed by atoms with E-state index in [9.17, 15) is 9.59 Å². The number of carbonyl (C=O) groups excluding carboxylic acids is 1. The van der Waals surface area contributed by atoms with Gasteiger partial charge < -0.3 is 23.4 Å². The SMILES string of the molecule is COC(=O)COc1ccc2c(C)c(-c3ccc(OC)cc3OC)c(=O)oc2c1. The molecule has 0 spiro atoms. The van der Waals surface area contributed by atoms with Gasteiger partial charge in [0.05, 0.1) is 26.9 Å². The minimum atomic E-state index is -0.501. The summed E-state index contributed by atoms with van der Waals surface area (Å²) in [6.07, 6.45) is 0. The van der Waals surface area contributed by atoms with Crippen LogP contribution in [0.5, 0.6) is 17.2 Å². The van der Waals surface area contributed by atoms with E-state index in [-0.39, 0.29) is 6.61 Å². The van der Waals surface area contributed by atoms with Crippen LogP contribution in [0.3, 0.4) is 0 Å². The van der Waals surface area contributed by atoms with E-state index in [4.69, 9.17) is 18.6 Å². The highest BCUT2D eigenvalue weighted by Gasteiger charge is 2.18. The van der Waals surface area contributed by atoms with E-state index in [1.165, 1.54) is 14.2 Å². The normalized spacial score (nSPS) is 10.6. The summed E-state index contributed by atoms with van der Waals surface area (Å²) in [7, 11) is 4.37. The molecule has 7 nitrogen and oxygen atoms in total. The van der Waals surface area contributed by atoms with Crippen LogP contribution in [0.25, 0.3) is 22.1 Å². The fourth-order valence-corrected chi connectivity index (χ4v) is 2.94. The largest absolute Gasteiger partial charge is 0.497 e. The van der Waals surface area contributed by atoms with E-state index in [0.29, 0.717) is 34.0 Å². The summed E-state index contributed by atoms with van der Waals surface area (Å²) in [4.78, 5) is 24.0. The van der Waals surface area contributed by atoms with Crippen LogP contribution in [0, 0.1) is 6.92 Å². The average Bonchev–Trinajstić information content (AvgIpc) is 2.71. The highest BCUT2D eigenvalue weighted by Crippen LogP contribution is 2.36. The van der Waals surface area contributed by atoms with E-state index in [1.54, 1.807) is 43.5 Å². The number of rotatable bonds is 6. The van der Waals surface area contributed by atoms with Crippen molar-refractivity contribution in [2.24, 2.45) is 0 Å². The van der Waals surface area contributed by atoms with Crippen LogP contribution in [0.2, 0.25) is 0 Å². The number of esters is 1. The zero-order valence-corrected chi connectivity index (χ0v) is 16.0. The van der Waals surface area contributed by atoms with Gasteiger partial charge in [-0.2, -0.15) is 0 Å². The first-order valence-electron chi connectivity index (χ1n) is 8.48. The van der Waals surface area contributed by atoms with Crippen LogP contribution < -0.4 is 19.8 Å². The van der Waals surface area contributed by atoms with Crippen molar-refractivity contribution >= 4 is 16.9 Å². The van der Waals surface area contributed by atoms with Crippen molar-refractivity contribution in [3.05, 3.63) is 52.4 Å². The topological polar surface area (TPSA) is 84.2 Å². The maximum absolute atomic E-state index is 12.7. The summed E-state index contributed by atoms with van der Waals surface area (Å²) in [5.74, 6) is 1.03. The maximum Gasteiger partial charge on any atom is 0.344 e. The number of fused-ring (bicyclic) bond motifs is 1. The Balaban J connectivity index is 2.09. The molecule has 0 bridgehead atoms. The predicted octanol–water partition coefficient (Wildman–Crippen LogP) is 3.34. The molecule has 0 fully saturated rings. The number of carbonyl (C=O) groups is 1. The smallest absolute Gasteiger partial charge is 0.344 e. The van der Waals surface area contributed by atoms with Gasteiger partial charge in [0.25, 0.3) is 0 Å². The highest BCUT2D eigenvalue weighted by atomic mass is 16.6. The van der Waals surface area contributed by atoms with Gasteiger partial charge in [0.2, 0.25) is 0 Å². The molecule has 3 aromatic rings. The molecular weight excluding hydrogens is 364 g/mol. The zero-order chi connectivity index (χ0) is 20.3. The van der Waals surface area contributed by atoms with Crippen molar-refractivity contribution in [1.82, 2.24) is 0 Å². The fourth-order valence-electron chi connectivity index (χ4n) is 2.94. The van der Waals surface area contributed by atoms with Gasteiger partial charge in [0.15, 0.2) is 6.61 Å². The Morgan fingerprint density at radius 2 is 1.75 bits per heavy atom. The van der Waals surface area contributed by atoms with E-state index in [2.05, 4.69) is 4.74 Å². The minimum Gasteiger partial charge on any atom is -0.497 e. The summed E-state index contributed by atoms with van der Waals surface area (Å²) in [6, 6.07) is 10.3. The minimum absolute atomic E-state index is 0.230. The summed E-state index contributed by atoms with van der Waals surface area (Å²) in [5, 5.41) is 0.748. The molecule has 0 radical (unpaired) electrons. The first-order chi connectivity index (χ1) is 13.5. The summed E-state index contributed by atoms with van der Waals surface area (Å²) in [5.41, 5.74) is 1.63. The zero-order valence-electron chi connectivity index (χ0n) is 16.0. The molecule has 3 rings (SSSR count). The van der Waals surface area contributed by atoms with Crippen LogP contribution in [0.15, 0.2) is 45.6 Å². The second kappa shape index (κ2) is 8.04. The summed E-state index contributed by atoms with van der Waals surface area (Å²) in [6.45, 7) is 1.61. The van der Waals surface area contributed by atoms with Crippen LogP contribution in [-0.4, -0.2) is 33.9 Å². The van der Waals surface area contributed by atoms with Crippen molar-refractivity contribution in [3.8, 4) is 28.4 Å². The lowest BCUT2D eigenvalue weighted by Crippen LogP contribution is -2.12. The summed E-state index contributed by atoms with van der Waals surface area (Å²) >= 11 is 0. The molecule has 1 heterocycles. The third-order valence-corrected chi connectivity index (χ3v) is 4.40. The number of aryl methyl sites for hydroxylation is 1. The second-order valence-electron chi connectivity index (χ2n) is 5.98. The highest BCUT2D eigenvalue weighted by molar-refractivity contribution is 5.88. The number of hydrogen-bond donors (Lipinski definition) is 0. The molecule has 7 heteroatoms. The Labute approximate surface area is 161 Å². The number of ether oxygens (including phenoxy) is 4. The Bertz CT molecular complexity index is 1080. The maximum atomic E-state index is 12.7. The number of methoxy groups -OCH3 is 3. The van der Waals surface area contributed by atoms with Crippen LogP contribution in [0.4, 0.5) is 0 Å². The molecule has 0 aliphatic carbocycles. The van der Waals surface area contributed by atoms with Gasteiger partial charge in [-0.15, -0.1) is 0 Å². The van der Waals surface area contributed by atoms with Crippen molar-refractivity contribution in [3.63, 3.8) is 0 Å². The van der Waals surface area contributed by atoms with E-state index in [1.807, 2.05) is 6.92 Å². The molecule has 2 aromatic carbocycles. The van der Waals surface area contributed by atoms with E-state index < -0.39 is 11.6 Å². The Morgan fingerprint density at radius 3 is 2.43 bits per heavy atom. The van der Waals surface area contributed by atoms with E-state index in [0.717, 1.165) is 10.9 Å². The average molecular weight is 384 g/mol. The van der Waals surface area contributed by atoms with Crippen molar-refractivity contribution in [2.75, 3.05) is 27.9 Å². The molecular formula is C21H20O7. The molecule has 0 unspecified atom stereocenters.